The van der Waals surface area contributed by atoms with Crippen LogP contribution in [0.25, 0.3) is 11.3 Å². The Morgan fingerprint density at radius 1 is 1.47 bits per heavy atom. The second kappa shape index (κ2) is 3.97. The summed E-state index contributed by atoms with van der Waals surface area (Å²) in [5.74, 6) is -0.462. The van der Waals surface area contributed by atoms with Crippen molar-refractivity contribution in [3.05, 3.63) is 39.4 Å². The van der Waals surface area contributed by atoms with Crippen molar-refractivity contribution in [1.29, 1.82) is 5.26 Å². The van der Waals surface area contributed by atoms with Crippen LogP contribution >= 0.6 is 22.9 Å². The summed E-state index contributed by atoms with van der Waals surface area (Å²) in [5.41, 5.74) is 1.35. The molecule has 0 amide bonds. The lowest BCUT2D eigenvalue weighted by Crippen LogP contribution is -1.81. The monoisotopic (exact) mass is 238 g/mol. The molecular formula is C10H4ClFN2S. The van der Waals surface area contributed by atoms with Crippen LogP contribution in [0.2, 0.25) is 5.02 Å². The zero-order valence-corrected chi connectivity index (χ0v) is 8.94. The quantitative estimate of drug-likeness (QED) is 0.763. The van der Waals surface area contributed by atoms with Crippen molar-refractivity contribution in [3.63, 3.8) is 0 Å². The van der Waals surface area contributed by atoms with Gasteiger partial charge < -0.3 is 0 Å². The highest BCUT2D eigenvalue weighted by Gasteiger charge is 2.06. The molecule has 2 aromatic rings. The van der Waals surface area contributed by atoms with Crippen molar-refractivity contribution in [2.75, 3.05) is 0 Å². The first-order valence-corrected chi connectivity index (χ1v) is 5.27. The van der Waals surface area contributed by atoms with Crippen LogP contribution in [0.4, 0.5) is 4.39 Å². The van der Waals surface area contributed by atoms with Gasteiger partial charge in [0.05, 0.1) is 10.7 Å². The minimum atomic E-state index is -0.462. The largest absolute Gasteiger partial charge is 0.226 e. The van der Waals surface area contributed by atoms with Crippen molar-refractivity contribution in [2.45, 2.75) is 0 Å². The van der Waals surface area contributed by atoms with Gasteiger partial charge in [-0.2, -0.15) is 5.26 Å². The number of thiazole rings is 1. The predicted molar refractivity (Wildman–Crippen MR) is 57.2 cm³/mol. The molecule has 0 radical (unpaired) electrons. The number of nitriles is 1. The molecule has 0 unspecified atom stereocenters. The van der Waals surface area contributed by atoms with Crippen molar-refractivity contribution in [3.8, 4) is 17.3 Å². The highest BCUT2D eigenvalue weighted by Crippen LogP contribution is 2.25. The molecule has 0 aliphatic heterocycles. The third-order valence-corrected chi connectivity index (χ3v) is 2.85. The topological polar surface area (TPSA) is 36.7 Å². The molecule has 0 spiro atoms. The summed E-state index contributed by atoms with van der Waals surface area (Å²) in [7, 11) is 0. The maximum absolute atomic E-state index is 12.9. The molecule has 1 aromatic carbocycles. The van der Waals surface area contributed by atoms with Gasteiger partial charge in [0, 0.05) is 10.9 Å². The van der Waals surface area contributed by atoms with Gasteiger partial charge in [0.2, 0.25) is 0 Å². The van der Waals surface area contributed by atoms with E-state index in [1.54, 1.807) is 11.4 Å². The van der Waals surface area contributed by atoms with Crippen LogP contribution in [-0.4, -0.2) is 4.98 Å². The Morgan fingerprint density at radius 2 is 2.27 bits per heavy atom. The zero-order valence-electron chi connectivity index (χ0n) is 7.37. The normalized spacial score (nSPS) is 9.93. The average Bonchev–Trinajstić information content (AvgIpc) is 2.70. The highest BCUT2D eigenvalue weighted by atomic mass is 35.5. The Morgan fingerprint density at radius 3 is 2.87 bits per heavy atom. The lowest BCUT2D eigenvalue weighted by Gasteiger charge is -1.97. The van der Waals surface area contributed by atoms with Gasteiger partial charge >= 0.3 is 0 Å². The fraction of sp³-hybridized carbons (Fsp3) is 0. The number of rotatable bonds is 1. The maximum atomic E-state index is 12.9. The van der Waals surface area contributed by atoms with E-state index >= 15 is 0 Å². The van der Waals surface area contributed by atoms with Gasteiger partial charge in [0.1, 0.15) is 11.9 Å². The van der Waals surface area contributed by atoms with Gasteiger partial charge in [0.25, 0.3) is 0 Å². The summed E-state index contributed by atoms with van der Waals surface area (Å²) in [4.78, 5) is 4.05. The Hall–Kier alpha value is -1.44. The van der Waals surface area contributed by atoms with Crippen LogP contribution in [0.15, 0.2) is 23.6 Å². The maximum Gasteiger partial charge on any atom is 0.194 e. The summed E-state index contributed by atoms with van der Waals surface area (Å²) in [6.07, 6.45) is 0. The standard InChI is InChI=1S/C10H4ClFN2S/c11-7-3-6(1-2-8(7)12)9-5-15-10(4-13)14-9/h1-3,5H. The summed E-state index contributed by atoms with van der Waals surface area (Å²) >= 11 is 6.89. The van der Waals surface area contributed by atoms with Crippen molar-refractivity contribution in [2.24, 2.45) is 0 Å². The molecule has 5 heteroatoms. The molecule has 0 bridgehead atoms. The van der Waals surface area contributed by atoms with Crippen LogP contribution in [0.5, 0.6) is 0 Å². The Bertz CT molecular complexity index is 545. The van der Waals surface area contributed by atoms with E-state index in [0.29, 0.717) is 16.3 Å². The molecule has 1 heterocycles. The first kappa shape index (κ1) is 10.1. The zero-order chi connectivity index (χ0) is 10.8. The molecule has 74 valence electrons. The van der Waals surface area contributed by atoms with Gasteiger partial charge in [-0.3, -0.25) is 0 Å². The number of nitrogens with zero attached hydrogens (tertiary/aromatic N) is 2. The van der Waals surface area contributed by atoms with E-state index in [2.05, 4.69) is 4.98 Å². The second-order valence-electron chi connectivity index (χ2n) is 2.78. The Kier molecular flexibility index (Phi) is 2.67. The first-order valence-electron chi connectivity index (χ1n) is 4.02. The highest BCUT2D eigenvalue weighted by molar-refractivity contribution is 7.10. The van der Waals surface area contributed by atoms with Crippen molar-refractivity contribution in [1.82, 2.24) is 4.98 Å². The van der Waals surface area contributed by atoms with Gasteiger partial charge in [0.15, 0.2) is 5.01 Å². The molecule has 0 atom stereocenters. The molecule has 2 rings (SSSR count). The smallest absolute Gasteiger partial charge is 0.194 e. The molecule has 1 aromatic heterocycles. The lowest BCUT2D eigenvalue weighted by atomic mass is 10.2. The minimum Gasteiger partial charge on any atom is -0.226 e. The van der Waals surface area contributed by atoms with Crippen LogP contribution in [0, 0.1) is 17.1 Å². The van der Waals surface area contributed by atoms with Gasteiger partial charge in [-0.1, -0.05) is 11.6 Å². The summed E-state index contributed by atoms with van der Waals surface area (Å²) < 4.78 is 12.9. The van der Waals surface area contributed by atoms with Crippen LogP contribution in [-0.2, 0) is 0 Å². The van der Waals surface area contributed by atoms with Crippen molar-refractivity contribution < 1.29 is 4.39 Å². The van der Waals surface area contributed by atoms with Crippen LogP contribution < -0.4 is 0 Å². The van der Waals surface area contributed by atoms with E-state index in [0.717, 1.165) is 0 Å². The van der Waals surface area contributed by atoms with E-state index in [1.165, 1.54) is 23.5 Å². The molecule has 0 aliphatic rings. The second-order valence-corrected chi connectivity index (χ2v) is 4.04. The Balaban J connectivity index is 2.46. The fourth-order valence-electron chi connectivity index (χ4n) is 1.11. The average molecular weight is 239 g/mol. The first-order chi connectivity index (χ1) is 7.20. The molecule has 2 nitrogen and oxygen atoms in total. The van der Waals surface area contributed by atoms with Gasteiger partial charge in [-0.05, 0) is 18.2 Å². The van der Waals surface area contributed by atoms with E-state index in [4.69, 9.17) is 16.9 Å². The van der Waals surface area contributed by atoms with E-state index in [-0.39, 0.29) is 5.02 Å². The minimum absolute atomic E-state index is 0.0546. The third-order valence-electron chi connectivity index (χ3n) is 1.82. The molecule has 0 N–H and O–H groups in total. The van der Waals surface area contributed by atoms with Gasteiger partial charge in [-0.25, -0.2) is 9.37 Å². The molecule has 0 aliphatic carbocycles. The summed E-state index contributed by atoms with van der Waals surface area (Å²) in [6.45, 7) is 0. The molecule has 15 heavy (non-hydrogen) atoms. The number of hydrogen-bond donors (Lipinski definition) is 0. The van der Waals surface area contributed by atoms with Crippen LogP contribution in [0.1, 0.15) is 5.01 Å². The van der Waals surface area contributed by atoms with Crippen LogP contribution in [0.3, 0.4) is 0 Å². The summed E-state index contributed by atoms with van der Waals surface area (Å²) in [6, 6.07) is 6.30. The Labute approximate surface area is 94.6 Å². The van der Waals surface area contributed by atoms with E-state index in [1.807, 2.05) is 6.07 Å². The molecular weight excluding hydrogens is 235 g/mol. The fourth-order valence-corrected chi connectivity index (χ4v) is 1.91. The SMILES string of the molecule is N#Cc1nc(-c2ccc(F)c(Cl)c2)cs1. The number of aromatic nitrogens is 1. The number of benzene rings is 1. The number of hydrogen-bond acceptors (Lipinski definition) is 3. The predicted octanol–water partition coefficient (Wildman–Crippen LogP) is 3.47. The van der Waals surface area contributed by atoms with E-state index in [9.17, 15) is 4.39 Å². The number of halogens is 2. The molecule has 0 saturated heterocycles. The van der Waals surface area contributed by atoms with Crippen molar-refractivity contribution >= 4 is 22.9 Å². The summed E-state index contributed by atoms with van der Waals surface area (Å²) in [5, 5.41) is 10.8. The van der Waals surface area contributed by atoms with E-state index < -0.39 is 5.82 Å². The third kappa shape index (κ3) is 1.99. The lowest BCUT2D eigenvalue weighted by molar-refractivity contribution is 0.628. The molecule has 0 saturated carbocycles. The van der Waals surface area contributed by atoms with Gasteiger partial charge in [-0.15, -0.1) is 11.3 Å². The molecule has 0 fully saturated rings.